The maximum Gasteiger partial charge on any atom is 0.159 e. The first kappa shape index (κ1) is 26.2. The van der Waals surface area contributed by atoms with Gasteiger partial charge in [0.05, 0.1) is 37.1 Å². The Kier molecular flexibility index (Phi) is 7.97. The van der Waals surface area contributed by atoms with Gasteiger partial charge in [-0.2, -0.15) is 32.1 Å². The predicted molar refractivity (Wildman–Crippen MR) is 148 cm³/mol. The van der Waals surface area contributed by atoms with E-state index in [0.29, 0.717) is 18.1 Å². The van der Waals surface area contributed by atoms with Crippen molar-refractivity contribution in [3.05, 3.63) is 41.3 Å². The smallest absolute Gasteiger partial charge is 0.159 e. The van der Waals surface area contributed by atoms with E-state index in [1.807, 2.05) is 17.8 Å². The number of nitrogens with zero attached hydrogens (tertiary/aromatic N) is 6. The highest BCUT2D eigenvalue weighted by molar-refractivity contribution is 7.59. The SMILES string of the molecule is Cc1nc(N2CC3CC2CO3)cc(-n2ncc3cc(C)c(C4CCN(CCO)CC4)cc32)n1.S.S. The quantitative estimate of drug-likeness (QED) is 0.559. The summed E-state index contributed by atoms with van der Waals surface area (Å²) < 4.78 is 7.75. The van der Waals surface area contributed by atoms with E-state index in [-0.39, 0.29) is 33.6 Å². The minimum Gasteiger partial charge on any atom is -0.395 e. The van der Waals surface area contributed by atoms with E-state index < -0.39 is 0 Å². The van der Waals surface area contributed by atoms with Gasteiger partial charge in [-0.25, -0.2) is 14.6 Å². The van der Waals surface area contributed by atoms with Crippen LogP contribution in [0.5, 0.6) is 0 Å². The van der Waals surface area contributed by atoms with Gasteiger partial charge in [0.15, 0.2) is 5.82 Å². The molecule has 190 valence electrons. The fourth-order valence-electron chi connectivity index (χ4n) is 5.91. The average Bonchev–Trinajstić information content (AvgIpc) is 3.55. The highest BCUT2D eigenvalue weighted by Gasteiger charge is 2.39. The van der Waals surface area contributed by atoms with Crippen LogP contribution in [0.1, 0.15) is 42.1 Å². The average molecular weight is 517 g/mol. The molecule has 0 aliphatic carbocycles. The summed E-state index contributed by atoms with van der Waals surface area (Å²) in [5, 5.41) is 15.1. The third kappa shape index (κ3) is 4.91. The fourth-order valence-corrected chi connectivity index (χ4v) is 5.91. The summed E-state index contributed by atoms with van der Waals surface area (Å²) >= 11 is 0. The largest absolute Gasteiger partial charge is 0.395 e. The molecular weight excluding hydrogens is 480 g/mol. The molecule has 0 radical (unpaired) electrons. The van der Waals surface area contributed by atoms with Crippen LogP contribution in [0.2, 0.25) is 0 Å². The second kappa shape index (κ2) is 10.6. The van der Waals surface area contributed by atoms with E-state index in [9.17, 15) is 5.11 Å². The lowest BCUT2D eigenvalue weighted by Gasteiger charge is -2.32. The van der Waals surface area contributed by atoms with Gasteiger partial charge in [-0.05, 0) is 75.4 Å². The third-order valence-corrected chi connectivity index (χ3v) is 7.62. The number of ether oxygens (including phenoxy) is 1. The van der Waals surface area contributed by atoms with Gasteiger partial charge >= 0.3 is 0 Å². The Morgan fingerprint density at radius 2 is 1.83 bits per heavy atom. The lowest BCUT2D eigenvalue weighted by Crippen LogP contribution is -2.37. The van der Waals surface area contributed by atoms with Crippen LogP contribution >= 0.6 is 27.0 Å². The zero-order valence-corrected chi connectivity index (χ0v) is 22.4. The second-order valence-electron chi connectivity index (χ2n) is 9.79. The molecule has 3 aromatic rings. The molecule has 0 saturated carbocycles. The Labute approximate surface area is 220 Å². The van der Waals surface area contributed by atoms with Crippen LogP contribution in [0.15, 0.2) is 24.4 Å². The molecule has 2 atom stereocenters. The Bertz CT molecular complexity index is 1180. The molecule has 3 fully saturated rings. The number of aryl methyl sites for hydroxylation is 2. The van der Waals surface area contributed by atoms with Crippen molar-refractivity contribution >= 4 is 43.7 Å². The van der Waals surface area contributed by atoms with Crippen LogP contribution in [0.4, 0.5) is 5.82 Å². The van der Waals surface area contributed by atoms with Crippen LogP contribution in [-0.2, 0) is 4.74 Å². The summed E-state index contributed by atoms with van der Waals surface area (Å²) in [6, 6.07) is 7.08. The lowest BCUT2D eigenvalue weighted by molar-refractivity contribution is 0.0988. The maximum absolute atomic E-state index is 9.25. The van der Waals surface area contributed by atoms with Gasteiger partial charge in [0, 0.05) is 24.5 Å². The number of morpholine rings is 1. The van der Waals surface area contributed by atoms with Crippen LogP contribution in [0.25, 0.3) is 16.7 Å². The summed E-state index contributed by atoms with van der Waals surface area (Å²) in [6.07, 6.45) is 5.60. The molecule has 35 heavy (non-hydrogen) atoms. The van der Waals surface area contributed by atoms with Crippen molar-refractivity contribution in [3.8, 4) is 5.82 Å². The van der Waals surface area contributed by atoms with Gasteiger partial charge in [-0.15, -0.1) is 0 Å². The number of rotatable bonds is 5. The summed E-state index contributed by atoms with van der Waals surface area (Å²) in [7, 11) is 0. The van der Waals surface area contributed by atoms with Crippen molar-refractivity contribution in [3.63, 3.8) is 0 Å². The zero-order chi connectivity index (χ0) is 22.5. The highest BCUT2D eigenvalue weighted by Crippen LogP contribution is 2.35. The Morgan fingerprint density at radius 1 is 1.06 bits per heavy atom. The number of hydrogen-bond acceptors (Lipinski definition) is 7. The highest BCUT2D eigenvalue weighted by atomic mass is 32.1. The summed E-state index contributed by atoms with van der Waals surface area (Å²) in [5.74, 6) is 3.10. The first-order chi connectivity index (χ1) is 16.1. The van der Waals surface area contributed by atoms with E-state index in [1.165, 1.54) is 11.1 Å². The molecule has 2 unspecified atom stereocenters. The van der Waals surface area contributed by atoms with Crippen LogP contribution in [-0.4, -0.2) is 81.3 Å². The first-order valence-corrected chi connectivity index (χ1v) is 12.1. The number of fused-ring (bicyclic) bond motifs is 3. The number of aliphatic hydroxyl groups excluding tert-OH is 1. The topological polar surface area (TPSA) is 79.5 Å². The molecule has 5 heterocycles. The second-order valence-corrected chi connectivity index (χ2v) is 9.79. The van der Waals surface area contributed by atoms with Crippen molar-refractivity contribution in [2.24, 2.45) is 0 Å². The molecule has 10 heteroatoms. The number of hydrogen-bond donors (Lipinski definition) is 1. The van der Waals surface area contributed by atoms with Crippen molar-refractivity contribution in [2.75, 3.05) is 44.3 Å². The number of β-amino-alcohol motifs (C(OH)–C–C–N with tert-alkyl or cyclic N) is 1. The molecular formula is C25H36N6O2S2. The van der Waals surface area contributed by atoms with Crippen LogP contribution in [0, 0.1) is 13.8 Å². The summed E-state index contributed by atoms with van der Waals surface area (Å²) in [6.45, 7) is 8.95. The standard InChI is InChI=1S/C25H32N6O2.2H2S/c1-16-9-19-13-26-31(23(19)11-22(16)18-3-5-29(6-4-18)7-8-32)25-12-24(27-17(2)28-25)30-14-21-10-20(30)15-33-21;;/h9,11-13,18,20-21,32H,3-8,10,14-15H2,1-2H3;2*1H2. The number of piperidine rings is 1. The van der Waals surface area contributed by atoms with Crippen LogP contribution < -0.4 is 4.90 Å². The zero-order valence-electron chi connectivity index (χ0n) is 20.4. The summed E-state index contributed by atoms with van der Waals surface area (Å²) in [4.78, 5) is 14.2. The number of likely N-dealkylation sites (tertiary alicyclic amines) is 1. The minimum atomic E-state index is 0. The molecule has 6 rings (SSSR count). The fraction of sp³-hybridized carbons (Fsp3) is 0.560. The Morgan fingerprint density at radius 3 is 2.51 bits per heavy atom. The van der Waals surface area contributed by atoms with E-state index in [1.54, 1.807) is 0 Å². The van der Waals surface area contributed by atoms with Gasteiger partial charge in [0.1, 0.15) is 11.6 Å². The van der Waals surface area contributed by atoms with Crippen LogP contribution in [0.3, 0.4) is 0 Å². The Balaban J connectivity index is 0.00000144. The van der Waals surface area contributed by atoms with Gasteiger partial charge in [-0.3, -0.25) is 0 Å². The van der Waals surface area contributed by atoms with Crippen molar-refractivity contribution < 1.29 is 9.84 Å². The molecule has 0 spiro atoms. The molecule has 8 nitrogen and oxygen atoms in total. The molecule has 2 bridgehead atoms. The van der Waals surface area contributed by atoms with Crippen molar-refractivity contribution in [1.82, 2.24) is 24.6 Å². The molecule has 0 amide bonds. The van der Waals surface area contributed by atoms with Gasteiger partial charge in [-0.1, -0.05) is 0 Å². The number of benzene rings is 1. The molecule has 3 aliphatic rings. The van der Waals surface area contributed by atoms with E-state index >= 15 is 0 Å². The number of aromatic nitrogens is 4. The molecule has 3 aliphatic heterocycles. The van der Waals surface area contributed by atoms with Gasteiger partial charge in [0.2, 0.25) is 0 Å². The van der Waals surface area contributed by atoms with E-state index in [2.05, 4.69) is 34.9 Å². The molecule has 3 saturated heterocycles. The first-order valence-electron chi connectivity index (χ1n) is 12.1. The van der Waals surface area contributed by atoms with E-state index in [4.69, 9.17) is 19.8 Å². The number of aliphatic hydroxyl groups is 1. The maximum atomic E-state index is 9.25. The van der Waals surface area contributed by atoms with Crippen molar-refractivity contribution in [2.45, 2.75) is 51.2 Å². The third-order valence-electron chi connectivity index (χ3n) is 7.62. The van der Waals surface area contributed by atoms with Gasteiger partial charge in [0.25, 0.3) is 0 Å². The molecule has 1 N–H and O–H groups in total. The molecule has 1 aromatic carbocycles. The minimum absolute atomic E-state index is 0. The Hall–Kier alpha value is -1.85. The number of anilines is 1. The normalized spacial score (nSPS) is 22.4. The van der Waals surface area contributed by atoms with Gasteiger partial charge < -0.3 is 19.6 Å². The monoisotopic (exact) mass is 516 g/mol. The predicted octanol–water partition coefficient (Wildman–Crippen LogP) is 2.81. The van der Waals surface area contributed by atoms with E-state index in [0.717, 1.165) is 80.4 Å². The van der Waals surface area contributed by atoms with Crippen molar-refractivity contribution in [1.29, 1.82) is 0 Å². The lowest BCUT2D eigenvalue weighted by atomic mass is 9.86. The summed E-state index contributed by atoms with van der Waals surface area (Å²) in [5.41, 5.74) is 3.84. The molecule has 2 aromatic heterocycles.